The van der Waals surface area contributed by atoms with Crippen LogP contribution in [0.3, 0.4) is 0 Å². The summed E-state index contributed by atoms with van der Waals surface area (Å²) < 4.78 is 4.82. The van der Waals surface area contributed by atoms with E-state index in [1.54, 1.807) is 18.6 Å². The first kappa shape index (κ1) is 11.5. The van der Waals surface area contributed by atoms with Crippen LogP contribution in [0.5, 0.6) is 0 Å². The molecular formula is C8H16BNO4. The summed E-state index contributed by atoms with van der Waals surface area (Å²) in [5.74, 6) is -0.910. The average molecular weight is 201 g/mol. The van der Waals surface area contributed by atoms with Gasteiger partial charge >= 0.3 is 13.0 Å². The molecule has 0 radical (unpaired) electrons. The molecule has 6 heteroatoms. The first-order chi connectivity index (χ1) is 6.56. The van der Waals surface area contributed by atoms with Gasteiger partial charge in [-0.3, -0.25) is 4.79 Å². The number of ether oxygens (including phenoxy) is 1. The number of hydrogen-bond donors (Lipinski definition) is 2. The number of carbonyl (C=O) groups excluding carboxylic acids is 1. The van der Waals surface area contributed by atoms with Gasteiger partial charge in [0.25, 0.3) is 0 Å². The lowest BCUT2D eigenvalue weighted by Gasteiger charge is -2.14. The molecule has 0 aliphatic carbocycles. The predicted molar refractivity (Wildman–Crippen MR) is 51.5 cm³/mol. The third kappa shape index (κ3) is 2.46. The van der Waals surface area contributed by atoms with Crippen LogP contribution in [0.25, 0.3) is 0 Å². The normalized spacial score (nSPS) is 27.7. The fourth-order valence-corrected chi connectivity index (χ4v) is 1.60. The SMILES string of the molecule is CCOC(=O)C1CN(B(C)O)CC1O. The zero-order valence-electron chi connectivity index (χ0n) is 8.51. The lowest BCUT2D eigenvalue weighted by atomic mass is 9.86. The van der Waals surface area contributed by atoms with Crippen LogP contribution >= 0.6 is 0 Å². The van der Waals surface area contributed by atoms with Gasteiger partial charge in [0, 0.05) is 13.1 Å². The molecule has 1 saturated heterocycles. The van der Waals surface area contributed by atoms with Crippen LogP contribution in [0.1, 0.15) is 6.92 Å². The van der Waals surface area contributed by atoms with Crippen molar-refractivity contribution >= 4 is 13.0 Å². The number of aliphatic hydroxyl groups is 1. The summed E-state index contributed by atoms with van der Waals surface area (Å²) in [5.41, 5.74) is 0. The predicted octanol–water partition coefficient (Wildman–Crippen LogP) is -1.05. The van der Waals surface area contributed by atoms with Gasteiger partial charge in [0.2, 0.25) is 0 Å². The molecule has 2 unspecified atom stereocenters. The van der Waals surface area contributed by atoms with Crippen LogP contribution in [0.4, 0.5) is 0 Å². The maximum Gasteiger partial charge on any atom is 0.376 e. The van der Waals surface area contributed by atoms with Gasteiger partial charge in [-0.25, -0.2) is 0 Å². The zero-order chi connectivity index (χ0) is 10.7. The first-order valence-electron chi connectivity index (χ1n) is 4.83. The number of esters is 1. The minimum Gasteiger partial charge on any atom is -0.466 e. The van der Waals surface area contributed by atoms with Gasteiger partial charge in [-0.15, -0.1) is 0 Å². The van der Waals surface area contributed by atoms with Gasteiger partial charge in [-0.1, -0.05) is 0 Å². The minimum atomic E-state index is -0.733. The Kier molecular flexibility index (Phi) is 3.91. The summed E-state index contributed by atoms with van der Waals surface area (Å²) in [5, 5.41) is 18.8. The topological polar surface area (TPSA) is 70.0 Å². The smallest absolute Gasteiger partial charge is 0.376 e. The van der Waals surface area contributed by atoms with E-state index in [-0.39, 0.29) is 5.97 Å². The summed E-state index contributed by atoms with van der Waals surface area (Å²) in [6, 6.07) is 0. The van der Waals surface area contributed by atoms with Crippen molar-refractivity contribution in [2.24, 2.45) is 5.92 Å². The molecule has 1 rings (SSSR count). The molecular weight excluding hydrogens is 185 g/mol. The molecule has 5 nitrogen and oxygen atoms in total. The van der Waals surface area contributed by atoms with E-state index in [2.05, 4.69) is 0 Å². The second kappa shape index (κ2) is 4.77. The molecule has 0 saturated carbocycles. The van der Waals surface area contributed by atoms with Gasteiger partial charge < -0.3 is 19.7 Å². The molecule has 14 heavy (non-hydrogen) atoms. The lowest BCUT2D eigenvalue weighted by Crippen LogP contribution is -2.36. The molecule has 0 bridgehead atoms. The van der Waals surface area contributed by atoms with Gasteiger partial charge in [-0.05, 0) is 13.7 Å². The molecule has 1 aliphatic heterocycles. The van der Waals surface area contributed by atoms with E-state index in [0.29, 0.717) is 19.7 Å². The maximum absolute atomic E-state index is 11.3. The van der Waals surface area contributed by atoms with Crippen molar-refractivity contribution in [3.8, 4) is 0 Å². The van der Waals surface area contributed by atoms with Crippen LogP contribution in [-0.2, 0) is 9.53 Å². The second-order valence-corrected chi connectivity index (χ2v) is 3.51. The summed E-state index contributed by atoms with van der Waals surface area (Å²) in [6.45, 7) is 4.33. The Balaban J connectivity index is 2.52. The molecule has 1 fully saturated rings. The zero-order valence-corrected chi connectivity index (χ0v) is 8.51. The Labute approximate surface area is 83.8 Å². The Morgan fingerprint density at radius 2 is 2.29 bits per heavy atom. The highest BCUT2D eigenvalue weighted by Crippen LogP contribution is 2.18. The van der Waals surface area contributed by atoms with E-state index >= 15 is 0 Å². The number of carbonyl (C=O) groups is 1. The number of aliphatic hydroxyl groups excluding tert-OH is 1. The van der Waals surface area contributed by atoms with E-state index in [9.17, 15) is 14.9 Å². The van der Waals surface area contributed by atoms with Crippen LogP contribution in [0.2, 0.25) is 6.82 Å². The molecule has 0 aromatic heterocycles. The van der Waals surface area contributed by atoms with Gasteiger partial charge in [0.15, 0.2) is 0 Å². The molecule has 1 aliphatic rings. The largest absolute Gasteiger partial charge is 0.466 e. The van der Waals surface area contributed by atoms with Crippen molar-refractivity contribution < 1.29 is 19.7 Å². The third-order valence-electron chi connectivity index (χ3n) is 2.44. The Morgan fingerprint density at radius 1 is 1.64 bits per heavy atom. The van der Waals surface area contributed by atoms with Crippen molar-refractivity contribution in [2.75, 3.05) is 19.7 Å². The van der Waals surface area contributed by atoms with Crippen molar-refractivity contribution in [3.63, 3.8) is 0 Å². The van der Waals surface area contributed by atoms with Gasteiger partial charge in [0.1, 0.15) is 0 Å². The molecule has 2 atom stereocenters. The highest BCUT2D eigenvalue weighted by molar-refractivity contribution is 6.45. The Morgan fingerprint density at radius 3 is 2.71 bits per heavy atom. The quantitative estimate of drug-likeness (QED) is 0.450. The second-order valence-electron chi connectivity index (χ2n) is 3.51. The van der Waals surface area contributed by atoms with E-state index in [1.807, 2.05) is 0 Å². The molecule has 0 spiro atoms. The Bertz CT molecular complexity index is 212. The fraction of sp³-hybridized carbons (Fsp3) is 0.875. The first-order valence-corrected chi connectivity index (χ1v) is 4.83. The molecule has 1 heterocycles. The van der Waals surface area contributed by atoms with Crippen molar-refractivity contribution in [2.45, 2.75) is 19.9 Å². The van der Waals surface area contributed by atoms with E-state index in [4.69, 9.17) is 4.74 Å². The highest BCUT2D eigenvalue weighted by Gasteiger charge is 2.39. The number of β-amino-alcohol motifs (C(OH)–C–C–N with tert-alkyl or cyclic N) is 1. The molecule has 0 amide bonds. The van der Waals surface area contributed by atoms with E-state index in [0.717, 1.165) is 0 Å². The molecule has 0 aromatic rings. The van der Waals surface area contributed by atoms with Crippen molar-refractivity contribution in [3.05, 3.63) is 0 Å². The van der Waals surface area contributed by atoms with Gasteiger partial charge in [0.05, 0.1) is 18.6 Å². The van der Waals surface area contributed by atoms with Crippen molar-refractivity contribution in [1.29, 1.82) is 0 Å². The summed E-state index contributed by atoms with van der Waals surface area (Å²) >= 11 is 0. The van der Waals surface area contributed by atoms with Crippen LogP contribution < -0.4 is 0 Å². The Hall–Kier alpha value is -0.585. The van der Waals surface area contributed by atoms with E-state index < -0.39 is 19.1 Å². The fourth-order valence-electron chi connectivity index (χ4n) is 1.60. The number of hydrogen-bond acceptors (Lipinski definition) is 5. The third-order valence-corrected chi connectivity index (χ3v) is 2.44. The number of nitrogens with zero attached hydrogens (tertiary/aromatic N) is 1. The number of rotatable bonds is 3. The average Bonchev–Trinajstić information content (AvgIpc) is 2.48. The molecule has 80 valence electrons. The van der Waals surface area contributed by atoms with Crippen LogP contribution in [-0.4, -0.2) is 53.8 Å². The van der Waals surface area contributed by atoms with E-state index in [1.165, 1.54) is 0 Å². The summed E-state index contributed by atoms with van der Waals surface area (Å²) in [6.07, 6.45) is -0.733. The highest BCUT2D eigenvalue weighted by atomic mass is 16.5. The van der Waals surface area contributed by atoms with Gasteiger partial charge in [-0.2, -0.15) is 0 Å². The van der Waals surface area contributed by atoms with Crippen molar-refractivity contribution in [1.82, 2.24) is 4.81 Å². The standard InChI is InChI=1S/C8H16BNO4/c1-3-14-8(12)6-4-10(9(2)13)5-7(6)11/h6-7,11,13H,3-5H2,1-2H3. The van der Waals surface area contributed by atoms with Crippen LogP contribution in [0, 0.1) is 5.92 Å². The minimum absolute atomic E-state index is 0.316. The monoisotopic (exact) mass is 201 g/mol. The molecule has 0 aromatic carbocycles. The lowest BCUT2D eigenvalue weighted by molar-refractivity contribution is -0.150. The summed E-state index contributed by atoms with van der Waals surface area (Å²) in [4.78, 5) is 13.0. The van der Waals surface area contributed by atoms with Crippen LogP contribution in [0.15, 0.2) is 0 Å². The molecule has 2 N–H and O–H groups in total. The maximum atomic E-state index is 11.3. The summed E-state index contributed by atoms with van der Waals surface area (Å²) in [7, 11) is -0.635.